The maximum Gasteiger partial charge on any atom is 0.294 e. The molecule has 64 valence electrons. The van der Waals surface area contributed by atoms with Gasteiger partial charge in [0.05, 0.1) is 5.56 Å². The summed E-state index contributed by atoms with van der Waals surface area (Å²) in [6.07, 6.45) is 0. The number of para-hydroxylation sites is 1. The van der Waals surface area contributed by atoms with Crippen molar-refractivity contribution in [3.8, 4) is 5.75 Å². The molecular formula is C7H6BrNO3. The molecule has 12 heavy (non-hydrogen) atoms. The van der Waals surface area contributed by atoms with Crippen LogP contribution in [0.2, 0.25) is 0 Å². The van der Waals surface area contributed by atoms with Gasteiger partial charge in [-0.1, -0.05) is 12.1 Å². The minimum atomic E-state index is -1.04. The summed E-state index contributed by atoms with van der Waals surface area (Å²) in [5, 5.41) is 19.5. The van der Waals surface area contributed by atoms with Crippen molar-refractivity contribution in [2.75, 3.05) is 0 Å². The quantitative estimate of drug-likeness (QED) is 0.367. The molecule has 0 radical (unpaired) electrons. The Labute approximate surface area is 77.1 Å². The fourth-order valence-electron chi connectivity index (χ4n) is 0.803. The molecule has 1 rings (SSSR count). The Morgan fingerprint density at radius 2 is 2.08 bits per heavy atom. The van der Waals surface area contributed by atoms with Gasteiger partial charge in [0.2, 0.25) is 0 Å². The van der Waals surface area contributed by atoms with Crippen molar-refractivity contribution in [2.45, 2.75) is 4.95 Å². The zero-order valence-corrected chi connectivity index (χ0v) is 7.56. The van der Waals surface area contributed by atoms with Crippen molar-refractivity contribution < 1.29 is 10.0 Å². The lowest BCUT2D eigenvalue weighted by atomic mass is 10.2. The summed E-state index contributed by atoms with van der Waals surface area (Å²) in [5.74, 6) is -0.0731. The summed E-state index contributed by atoms with van der Waals surface area (Å²) in [6, 6.07) is 6.15. The van der Waals surface area contributed by atoms with E-state index >= 15 is 0 Å². The summed E-state index contributed by atoms with van der Waals surface area (Å²) in [6.45, 7) is 0. The maximum atomic E-state index is 10.3. The van der Waals surface area contributed by atoms with Crippen molar-refractivity contribution in [3.05, 3.63) is 39.9 Å². The molecule has 0 saturated heterocycles. The lowest BCUT2D eigenvalue weighted by Crippen LogP contribution is -2.02. The standard InChI is InChI=1S/C7H6BrNO3/c8-7(9(11)12)5-3-1-2-4-6(5)10/h1-4,7,10H/t7-/m1/s1. The second-order valence-corrected chi connectivity index (χ2v) is 3.05. The van der Waals surface area contributed by atoms with E-state index < -0.39 is 9.87 Å². The Morgan fingerprint density at radius 3 is 2.58 bits per heavy atom. The molecule has 0 unspecified atom stereocenters. The number of nitrogens with zero attached hydrogens (tertiary/aromatic N) is 1. The smallest absolute Gasteiger partial charge is 0.294 e. The predicted octanol–water partition coefficient (Wildman–Crippen LogP) is 2.06. The molecule has 0 amide bonds. The van der Waals surface area contributed by atoms with Gasteiger partial charge in [-0.3, -0.25) is 10.1 Å². The van der Waals surface area contributed by atoms with E-state index in [2.05, 4.69) is 15.9 Å². The minimum Gasteiger partial charge on any atom is -0.507 e. The fraction of sp³-hybridized carbons (Fsp3) is 0.143. The van der Waals surface area contributed by atoms with E-state index in [1.165, 1.54) is 12.1 Å². The van der Waals surface area contributed by atoms with E-state index in [9.17, 15) is 15.2 Å². The van der Waals surface area contributed by atoms with Crippen LogP contribution in [0.5, 0.6) is 5.75 Å². The first-order valence-corrected chi connectivity index (χ1v) is 4.10. The van der Waals surface area contributed by atoms with Crippen LogP contribution in [0.4, 0.5) is 0 Å². The van der Waals surface area contributed by atoms with Gasteiger partial charge in [0.1, 0.15) is 5.75 Å². The monoisotopic (exact) mass is 231 g/mol. The van der Waals surface area contributed by atoms with Crippen LogP contribution in [-0.4, -0.2) is 10.0 Å². The van der Waals surface area contributed by atoms with Gasteiger partial charge in [-0.25, -0.2) is 0 Å². The second kappa shape index (κ2) is 3.53. The first-order chi connectivity index (χ1) is 5.63. The number of phenolic OH excluding ortho intramolecular Hbond substituents is 1. The molecular weight excluding hydrogens is 226 g/mol. The third-order valence-electron chi connectivity index (χ3n) is 1.38. The lowest BCUT2D eigenvalue weighted by Gasteiger charge is -2.03. The molecule has 0 heterocycles. The van der Waals surface area contributed by atoms with E-state index in [4.69, 9.17) is 0 Å². The van der Waals surface area contributed by atoms with E-state index in [-0.39, 0.29) is 11.3 Å². The van der Waals surface area contributed by atoms with Crippen molar-refractivity contribution >= 4 is 15.9 Å². The van der Waals surface area contributed by atoms with Gasteiger partial charge in [0.15, 0.2) is 0 Å². The number of halogens is 1. The van der Waals surface area contributed by atoms with Gasteiger partial charge >= 0.3 is 0 Å². The first-order valence-electron chi connectivity index (χ1n) is 3.18. The molecule has 0 aliphatic carbocycles. The number of nitro groups is 1. The van der Waals surface area contributed by atoms with Gasteiger partial charge in [-0.15, -0.1) is 0 Å². The van der Waals surface area contributed by atoms with Crippen LogP contribution in [0.1, 0.15) is 10.5 Å². The van der Waals surface area contributed by atoms with Crippen LogP contribution in [0.15, 0.2) is 24.3 Å². The lowest BCUT2D eigenvalue weighted by molar-refractivity contribution is -0.498. The van der Waals surface area contributed by atoms with Crippen LogP contribution in [0.3, 0.4) is 0 Å². The summed E-state index contributed by atoms with van der Waals surface area (Å²) >= 11 is 2.84. The zero-order chi connectivity index (χ0) is 9.14. The number of aromatic hydroxyl groups is 1. The molecule has 0 spiro atoms. The fourth-order valence-corrected chi connectivity index (χ4v) is 1.19. The summed E-state index contributed by atoms with van der Waals surface area (Å²) in [5.41, 5.74) is 0.266. The van der Waals surface area contributed by atoms with Crippen LogP contribution in [0, 0.1) is 10.1 Å². The summed E-state index contributed by atoms with van der Waals surface area (Å²) in [7, 11) is 0. The highest BCUT2D eigenvalue weighted by Gasteiger charge is 2.20. The molecule has 1 atom stereocenters. The first kappa shape index (κ1) is 8.99. The summed E-state index contributed by atoms with van der Waals surface area (Å²) < 4.78 is 0. The van der Waals surface area contributed by atoms with Crippen molar-refractivity contribution in [1.29, 1.82) is 0 Å². The number of alkyl halides is 1. The molecule has 0 fully saturated rings. The van der Waals surface area contributed by atoms with Crippen LogP contribution < -0.4 is 0 Å². The van der Waals surface area contributed by atoms with Crippen LogP contribution in [-0.2, 0) is 0 Å². The predicted molar refractivity (Wildman–Crippen MR) is 46.8 cm³/mol. The molecule has 5 heteroatoms. The van der Waals surface area contributed by atoms with Crippen LogP contribution in [0.25, 0.3) is 0 Å². The number of rotatable bonds is 2. The number of phenols is 1. The SMILES string of the molecule is O=[N+]([O-])[C@@H](Br)c1ccccc1O. The highest BCUT2D eigenvalue weighted by Crippen LogP contribution is 2.29. The molecule has 4 nitrogen and oxygen atoms in total. The van der Waals surface area contributed by atoms with Crippen molar-refractivity contribution in [1.82, 2.24) is 0 Å². The number of hydrogen-bond donors (Lipinski definition) is 1. The van der Waals surface area contributed by atoms with E-state index in [0.29, 0.717) is 0 Å². The maximum absolute atomic E-state index is 10.3. The molecule has 1 N–H and O–H groups in total. The van der Waals surface area contributed by atoms with Crippen molar-refractivity contribution in [3.63, 3.8) is 0 Å². The third kappa shape index (κ3) is 1.73. The molecule has 1 aromatic rings. The molecule has 0 bridgehead atoms. The van der Waals surface area contributed by atoms with E-state index in [1.54, 1.807) is 12.1 Å². The molecule has 0 aromatic heterocycles. The Morgan fingerprint density at radius 1 is 1.50 bits per heavy atom. The highest BCUT2D eigenvalue weighted by molar-refractivity contribution is 9.09. The van der Waals surface area contributed by atoms with Gasteiger partial charge in [0, 0.05) is 20.9 Å². The van der Waals surface area contributed by atoms with E-state index in [1.807, 2.05) is 0 Å². The molecule has 0 aliphatic rings. The third-order valence-corrected chi connectivity index (χ3v) is 2.21. The topological polar surface area (TPSA) is 63.4 Å². The van der Waals surface area contributed by atoms with E-state index in [0.717, 1.165) is 0 Å². The second-order valence-electron chi connectivity index (χ2n) is 2.18. The van der Waals surface area contributed by atoms with Gasteiger partial charge in [0.25, 0.3) is 4.95 Å². The average molecular weight is 232 g/mol. The van der Waals surface area contributed by atoms with Crippen molar-refractivity contribution in [2.24, 2.45) is 0 Å². The average Bonchev–Trinajstić information content (AvgIpc) is 2.04. The van der Waals surface area contributed by atoms with Gasteiger partial charge in [-0.05, 0) is 12.1 Å². The normalized spacial score (nSPS) is 12.4. The Hall–Kier alpha value is -1.10. The number of hydrogen-bond acceptors (Lipinski definition) is 3. The Balaban J connectivity index is 3.02. The largest absolute Gasteiger partial charge is 0.507 e. The Kier molecular flexibility index (Phi) is 2.65. The zero-order valence-electron chi connectivity index (χ0n) is 5.98. The summed E-state index contributed by atoms with van der Waals surface area (Å²) in [4.78, 5) is 8.74. The van der Waals surface area contributed by atoms with Gasteiger partial charge < -0.3 is 5.11 Å². The van der Waals surface area contributed by atoms with Crippen LogP contribution >= 0.6 is 15.9 Å². The Bertz CT molecular complexity index is 302. The molecule has 0 aliphatic heterocycles. The highest BCUT2D eigenvalue weighted by atomic mass is 79.9. The minimum absolute atomic E-state index is 0.0731. The molecule has 0 saturated carbocycles. The number of benzene rings is 1. The van der Waals surface area contributed by atoms with Gasteiger partial charge in [-0.2, -0.15) is 0 Å². The molecule has 1 aromatic carbocycles.